The van der Waals surface area contributed by atoms with Gasteiger partial charge < -0.3 is 0 Å². The Morgan fingerprint density at radius 3 is 2.17 bits per heavy atom. The van der Waals surface area contributed by atoms with Crippen molar-refractivity contribution < 1.29 is 4.79 Å². The molecule has 1 aromatic rings. The van der Waals surface area contributed by atoms with Crippen molar-refractivity contribution in [1.29, 1.82) is 0 Å². The van der Waals surface area contributed by atoms with E-state index in [-0.39, 0.29) is 0 Å². The van der Waals surface area contributed by atoms with Gasteiger partial charge in [-0.1, -0.05) is 62.5 Å². The van der Waals surface area contributed by atoms with Gasteiger partial charge in [-0.15, -0.1) is 0 Å². The molecule has 0 saturated heterocycles. The van der Waals surface area contributed by atoms with Gasteiger partial charge in [-0.05, 0) is 24.5 Å². The van der Waals surface area contributed by atoms with Crippen molar-refractivity contribution in [2.45, 2.75) is 52.9 Å². The van der Waals surface area contributed by atoms with Crippen LogP contribution in [0.5, 0.6) is 0 Å². The number of Topliss-reactive ketones (excluding diaryl/α,β-unsaturated/α-hetero) is 1. The molecule has 0 aliphatic heterocycles. The average Bonchev–Trinajstić information content (AvgIpc) is 2.40. The van der Waals surface area contributed by atoms with Gasteiger partial charge in [0.1, 0.15) is 5.78 Å². The van der Waals surface area contributed by atoms with E-state index in [4.69, 9.17) is 23.2 Å². The summed E-state index contributed by atoms with van der Waals surface area (Å²) < 4.78 is 0. The molecule has 0 bridgehead atoms. The van der Waals surface area contributed by atoms with Crippen molar-refractivity contribution in [2.24, 2.45) is 0 Å². The Bertz CT molecular complexity index is 356. The number of aryl methyl sites for hydroxylation is 1. The molecule has 0 heterocycles. The monoisotopic (exact) mass is 288 g/mol. The second-order valence-electron chi connectivity index (χ2n) is 4.06. The molecule has 1 nitrogen and oxygen atoms in total. The molecule has 0 spiro atoms. The van der Waals surface area contributed by atoms with Crippen molar-refractivity contribution in [3.8, 4) is 0 Å². The lowest BCUT2D eigenvalue weighted by Gasteiger charge is -2.03. The lowest BCUT2D eigenvalue weighted by Crippen LogP contribution is -1.88. The van der Waals surface area contributed by atoms with E-state index in [9.17, 15) is 4.79 Å². The van der Waals surface area contributed by atoms with Crippen LogP contribution in [0.1, 0.15) is 52.0 Å². The minimum absolute atomic E-state index is 0.343. The zero-order valence-corrected chi connectivity index (χ0v) is 12.9. The van der Waals surface area contributed by atoms with E-state index < -0.39 is 0 Å². The van der Waals surface area contributed by atoms with E-state index in [1.54, 1.807) is 0 Å². The predicted molar refractivity (Wildman–Crippen MR) is 80.7 cm³/mol. The zero-order valence-electron chi connectivity index (χ0n) is 11.4. The summed E-state index contributed by atoms with van der Waals surface area (Å²) in [6.45, 7) is 5.93. The van der Waals surface area contributed by atoms with E-state index in [2.05, 4.69) is 6.92 Å². The Morgan fingerprint density at radius 2 is 1.72 bits per heavy atom. The molecule has 1 aromatic carbocycles. The summed E-state index contributed by atoms with van der Waals surface area (Å²) in [7, 11) is 0. The first-order valence-corrected chi connectivity index (χ1v) is 7.26. The molecule has 0 N–H and O–H groups in total. The highest BCUT2D eigenvalue weighted by atomic mass is 35.5. The van der Waals surface area contributed by atoms with Crippen LogP contribution < -0.4 is 0 Å². The molecular weight excluding hydrogens is 267 g/mol. The molecule has 102 valence electrons. The summed E-state index contributed by atoms with van der Waals surface area (Å²) in [5, 5.41) is 1.37. The molecule has 18 heavy (non-hydrogen) atoms. The van der Waals surface area contributed by atoms with Gasteiger partial charge in [0.2, 0.25) is 0 Å². The van der Waals surface area contributed by atoms with Gasteiger partial charge >= 0.3 is 0 Å². The van der Waals surface area contributed by atoms with Gasteiger partial charge in [0.05, 0.1) is 10.0 Å². The molecule has 1 rings (SSSR count). The number of rotatable bonds is 5. The normalized spacial score (nSPS) is 9.61. The van der Waals surface area contributed by atoms with Crippen molar-refractivity contribution in [3.05, 3.63) is 33.8 Å². The van der Waals surface area contributed by atoms with Crippen molar-refractivity contribution in [3.63, 3.8) is 0 Å². The van der Waals surface area contributed by atoms with Gasteiger partial charge in [-0.3, -0.25) is 4.79 Å². The highest BCUT2D eigenvalue weighted by Crippen LogP contribution is 2.26. The third kappa shape index (κ3) is 7.03. The van der Waals surface area contributed by atoms with Gasteiger partial charge in [-0.2, -0.15) is 0 Å². The molecule has 3 heteroatoms. The van der Waals surface area contributed by atoms with Crippen LogP contribution in [0.15, 0.2) is 18.2 Å². The highest BCUT2D eigenvalue weighted by molar-refractivity contribution is 6.42. The SMILES string of the molecule is CCC(=O)CC.CCCCc1cccc(Cl)c1Cl. The van der Waals surface area contributed by atoms with Gasteiger partial charge in [0, 0.05) is 12.8 Å². The van der Waals surface area contributed by atoms with Crippen LogP contribution in [-0.2, 0) is 11.2 Å². The topological polar surface area (TPSA) is 17.1 Å². The van der Waals surface area contributed by atoms with E-state index in [0.717, 1.165) is 12.0 Å². The second-order valence-corrected chi connectivity index (χ2v) is 4.85. The van der Waals surface area contributed by atoms with Crippen LogP contribution in [0.4, 0.5) is 0 Å². The molecule has 0 fully saturated rings. The van der Waals surface area contributed by atoms with Crippen molar-refractivity contribution >= 4 is 29.0 Å². The van der Waals surface area contributed by atoms with Gasteiger partial charge in [-0.25, -0.2) is 0 Å². The molecule has 0 aromatic heterocycles. The number of carbonyl (C=O) groups excluding carboxylic acids is 1. The molecule has 0 radical (unpaired) electrons. The maximum atomic E-state index is 10.2. The predicted octanol–water partition coefficient (Wildman–Crippen LogP) is 5.71. The van der Waals surface area contributed by atoms with Crippen LogP contribution in [-0.4, -0.2) is 5.78 Å². The first kappa shape index (κ1) is 17.5. The van der Waals surface area contributed by atoms with Crippen LogP contribution in [0.3, 0.4) is 0 Å². The fourth-order valence-corrected chi connectivity index (χ4v) is 1.77. The van der Waals surface area contributed by atoms with E-state index in [1.807, 2.05) is 32.0 Å². The van der Waals surface area contributed by atoms with E-state index in [0.29, 0.717) is 28.7 Å². The third-order valence-electron chi connectivity index (χ3n) is 2.62. The fraction of sp³-hybridized carbons (Fsp3) is 0.533. The second kappa shape index (κ2) is 10.4. The van der Waals surface area contributed by atoms with Crippen LogP contribution in [0, 0.1) is 0 Å². The number of hydrogen-bond donors (Lipinski definition) is 0. The maximum absolute atomic E-state index is 10.2. The molecule has 0 aliphatic rings. The van der Waals surface area contributed by atoms with Crippen molar-refractivity contribution in [2.75, 3.05) is 0 Å². The quantitative estimate of drug-likeness (QED) is 0.678. The Kier molecular flexibility index (Phi) is 10.1. The Hall–Kier alpha value is -0.530. The Morgan fingerprint density at radius 1 is 1.11 bits per heavy atom. The van der Waals surface area contributed by atoms with Gasteiger partial charge in [0.25, 0.3) is 0 Å². The number of unbranched alkanes of at least 4 members (excludes halogenated alkanes) is 1. The Labute approximate surface area is 120 Å². The number of benzene rings is 1. The summed E-state index contributed by atoms with van der Waals surface area (Å²) in [6, 6.07) is 5.79. The van der Waals surface area contributed by atoms with E-state index in [1.165, 1.54) is 12.8 Å². The summed E-state index contributed by atoms with van der Waals surface area (Å²) >= 11 is 11.9. The lowest BCUT2D eigenvalue weighted by atomic mass is 10.1. The standard InChI is InChI=1S/C10H12Cl2.C5H10O/c1-2-3-5-8-6-4-7-9(11)10(8)12;1-3-5(6)4-2/h4,6-7H,2-3,5H2,1H3;3-4H2,1-2H3. The summed E-state index contributed by atoms with van der Waals surface area (Å²) in [4.78, 5) is 10.2. The van der Waals surface area contributed by atoms with Gasteiger partial charge in [0.15, 0.2) is 0 Å². The first-order chi connectivity index (χ1) is 8.56. The first-order valence-electron chi connectivity index (χ1n) is 6.51. The summed E-state index contributed by atoms with van der Waals surface area (Å²) in [5.74, 6) is 0.343. The minimum atomic E-state index is 0.343. The maximum Gasteiger partial charge on any atom is 0.132 e. The minimum Gasteiger partial charge on any atom is -0.300 e. The fourth-order valence-electron chi connectivity index (χ4n) is 1.36. The van der Waals surface area contributed by atoms with Crippen LogP contribution >= 0.6 is 23.2 Å². The van der Waals surface area contributed by atoms with E-state index >= 15 is 0 Å². The number of halogens is 2. The summed E-state index contributed by atoms with van der Waals surface area (Å²) in [6.07, 6.45) is 4.76. The lowest BCUT2D eigenvalue weighted by molar-refractivity contribution is -0.118. The largest absolute Gasteiger partial charge is 0.300 e. The smallest absolute Gasteiger partial charge is 0.132 e. The number of hydrogen-bond acceptors (Lipinski definition) is 1. The molecule has 0 aliphatic carbocycles. The van der Waals surface area contributed by atoms with Crippen LogP contribution in [0.25, 0.3) is 0 Å². The average molecular weight is 289 g/mol. The number of ketones is 1. The third-order valence-corrected chi connectivity index (χ3v) is 3.48. The van der Waals surface area contributed by atoms with Crippen molar-refractivity contribution in [1.82, 2.24) is 0 Å². The van der Waals surface area contributed by atoms with Crippen LogP contribution in [0.2, 0.25) is 10.0 Å². The molecule has 0 saturated carbocycles. The molecule has 0 atom stereocenters. The number of carbonyl (C=O) groups is 1. The highest BCUT2D eigenvalue weighted by Gasteiger charge is 2.02. The Balaban J connectivity index is 0.000000411. The zero-order chi connectivity index (χ0) is 14.0. The summed E-state index contributed by atoms with van der Waals surface area (Å²) in [5.41, 5.74) is 1.16. The molecule has 0 amide bonds. The molecule has 0 unspecified atom stereocenters. The molecular formula is C15H22Cl2O.